The van der Waals surface area contributed by atoms with Crippen LogP contribution >= 0.6 is 0 Å². The van der Waals surface area contributed by atoms with E-state index in [9.17, 15) is 0 Å². The third-order valence-corrected chi connectivity index (χ3v) is 3.56. The molecule has 0 saturated heterocycles. The number of fused-ring (bicyclic) bond motifs is 1. The number of rotatable bonds is 5. The van der Waals surface area contributed by atoms with Gasteiger partial charge in [0.2, 0.25) is 0 Å². The minimum absolute atomic E-state index is 0.965. The topological polar surface area (TPSA) is 29.9 Å². The van der Waals surface area contributed by atoms with Crippen molar-refractivity contribution in [1.82, 2.24) is 9.55 Å². The molecule has 0 fully saturated rings. The average Bonchev–Trinajstić information content (AvgIpc) is 2.82. The van der Waals surface area contributed by atoms with E-state index in [2.05, 4.69) is 47.3 Å². The molecule has 0 aliphatic heterocycles. The van der Waals surface area contributed by atoms with Crippen molar-refractivity contribution in [3.8, 4) is 0 Å². The zero-order valence-corrected chi connectivity index (χ0v) is 11.7. The summed E-state index contributed by atoms with van der Waals surface area (Å²) >= 11 is 0. The van der Waals surface area contributed by atoms with Crippen LogP contribution in [0, 0.1) is 0 Å². The lowest BCUT2D eigenvalue weighted by atomic mass is 10.2. The zero-order chi connectivity index (χ0) is 13.8. The van der Waals surface area contributed by atoms with Gasteiger partial charge in [-0.25, -0.2) is 4.98 Å². The van der Waals surface area contributed by atoms with Gasteiger partial charge < -0.3 is 9.88 Å². The summed E-state index contributed by atoms with van der Waals surface area (Å²) in [6.07, 6.45) is 2.07. The Morgan fingerprint density at radius 2 is 1.75 bits per heavy atom. The molecule has 0 unspecified atom stereocenters. The molecule has 0 amide bonds. The lowest BCUT2D eigenvalue weighted by molar-refractivity contribution is 0.753. The fourth-order valence-corrected chi connectivity index (χ4v) is 2.45. The quantitative estimate of drug-likeness (QED) is 0.714. The van der Waals surface area contributed by atoms with Crippen molar-refractivity contribution in [2.75, 3.05) is 11.9 Å². The number of hydrogen-bond acceptors (Lipinski definition) is 2. The Hall–Kier alpha value is -2.29. The molecule has 0 saturated carbocycles. The third kappa shape index (κ3) is 2.67. The largest absolute Gasteiger partial charge is 0.385 e. The molecule has 0 bridgehead atoms. The first-order chi connectivity index (χ1) is 9.84. The molecule has 1 aromatic heterocycles. The molecule has 1 heterocycles. The molecule has 102 valence electrons. The van der Waals surface area contributed by atoms with Crippen LogP contribution in [0.3, 0.4) is 0 Å². The van der Waals surface area contributed by atoms with Crippen molar-refractivity contribution in [1.29, 1.82) is 0 Å². The number of anilines is 1. The molecule has 0 radical (unpaired) electrons. The van der Waals surface area contributed by atoms with E-state index in [0.29, 0.717) is 0 Å². The minimum Gasteiger partial charge on any atom is -0.385 e. The van der Waals surface area contributed by atoms with Gasteiger partial charge in [-0.3, -0.25) is 0 Å². The summed E-state index contributed by atoms with van der Waals surface area (Å²) in [5.41, 5.74) is 3.47. The highest BCUT2D eigenvalue weighted by Gasteiger charge is 2.06. The second-order valence-corrected chi connectivity index (χ2v) is 4.97. The lowest BCUT2D eigenvalue weighted by Gasteiger charge is -2.06. The van der Waals surface area contributed by atoms with Crippen LogP contribution in [0.4, 0.5) is 5.69 Å². The van der Waals surface area contributed by atoms with E-state index in [1.807, 2.05) is 24.3 Å². The molecule has 3 heteroatoms. The Bertz CT molecular complexity index is 686. The Kier molecular flexibility index (Phi) is 3.68. The van der Waals surface area contributed by atoms with Crippen LogP contribution < -0.4 is 5.32 Å². The highest BCUT2D eigenvalue weighted by Crippen LogP contribution is 2.15. The summed E-state index contributed by atoms with van der Waals surface area (Å²) in [5.74, 6) is 1.15. The summed E-state index contributed by atoms with van der Waals surface area (Å²) in [4.78, 5) is 4.69. The SMILES string of the molecule is Cn1c(CCCNc2ccccc2)nc2ccccc21. The fourth-order valence-electron chi connectivity index (χ4n) is 2.45. The molecular formula is C17H19N3. The zero-order valence-electron chi connectivity index (χ0n) is 11.7. The lowest BCUT2D eigenvalue weighted by Crippen LogP contribution is -2.05. The first-order valence-corrected chi connectivity index (χ1v) is 7.04. The summed E-state index contributed by atoms with van der Waals surface area (Å²) in [6.45, 7) is 0.965. The molecular weight excluding hydrogens is 246 g/mol. The normalized spacial score (nSPS) is 10.8. The van der Waals surface area contributed by atoms with Gasteiger partial charge in [0.25, 0.3) is 0 Å². The van der Waals surface area contributed by atoms with Gasteiger partial charge in [-0.05, 0) is 30.7 Å². The first kappa shape index (κ1) is 12.7. The van der Waals surface area contributed by atoms with Crippen molar-refractivity contribution in [3.05, 3.63) is 60.4 Å². The third-order valence-electron chi connectivity index (χ3n) is 3.56. The second kappa shape index (κ2) is 5.78. The van der Waals surface area contributed by atoms with Gasteiger partial charge in [0.15, 0.2) is 0 Å². The van der Waals surface area contributed by atoms with Gasteiger partial charge in [-0.15, -0.1) is 0 Å². The highest BCUT2D eigenvalue weighted by molar-refractivity contribution is 5.75. The Morgan fingerprint density at radius 3 is 2.55 bits per heavy atom. The van der Waals surface area contributed by atoms with Crippen molar-refractivity contribution < 1.29 is 0 Å². The molecule has 20 heavy (non-hydrogen) atoms. The molecule has 0 atom stereocenters. The molecule has 0 spiro atoms. The number of nitrogens with zero attached hydrogens (tertiary/aromatic N) is 2. The van der Waals surface area contributed by atoms with E-state index in [0.717, 1.165) is 30.7 Å². The van der Waals surface area contributed by atoms with Crippen molar-refractivity contribution in [2.45, 2.75) is 12.8 Å². The van der Waals surface area contributed by atoms with Gasteiger partial charge in [0.05, 0.1) is 11.0 Å². The van der Waals surface area contributed by atoms with E-state index >= 15 is 0 Å². The Balaban J connectivity index is 1.59. The molecule has 0 aliphatic rings. The maximum Gasteiger partial charge on any atom is 0.109 e. The number of para-hydroxylation sites is 3. The minimum atomic E-state index is 0.965. The van der Waals surface area contributed by atoms with Gasteiger partial charge in [0, 0.05) is 25.7 Å². The van der Waals surface area contributed by atoms with Crippen LogP contribution in [-0.4, -0.2) is 16.1 Å². The maximum atomic E-state index is 4.69. The fraction of sp³-hybridized carbons (Fsp3) is 0.235. The average molecular weight is 265 g/mol. The summed E-state index contributed by atoms with van der Waals surface area (Å²) < 4.78 is 2.19. The first-order valence-electron chi connectivity index (χ1n) is 7.04. The smallest absolute Gasteiger partial charge is 0.109 e. The van der Waals surface area contributed by atoms with Crippen LogP contribution in [0.15, 0.2) is 54.6 Å². The predicted octanol–water partition coefficient (Wildman–Crippen LogP) is 3.62. The van der Waals surface area contributed by atoms with Crippen LogP contribution in [0.2, 0.25) is 0 Å². The molecule has 3 aromatic rings. The number of benzene rings is 2. The van der Waals surface area contributed by atoms with E-state index in [-0.39, 0.29) is 0 Å². The molecule has 0 aliphatic carbocycles. The number of aromatic nitrogens is 2. The second-order valence-electron chi connectivity index (χ2n) is 4.97. The monoisotopic (exact) mass is 265 g/mol. The number of hydrogen-bond donors (Lipinski definition) is 1. The molecule has 1 N–H and O–H groups in total. The standard InChI is InChI=1S/C17H19N3/c1-20-16-11-6-5-10-15(16)19-17(20)12-7-13-18-14-8-3-2-4-9-14/h2-6,8-11,18H,7,12-13H2,1H3. The van der Waals surface area contributed by atoms with Gasteiger partial charge in [0.1, 0.15) is 5.82 Å². The van der Waals surface area contributed by atoms with Crippen molar-refractivity contribution >= 4 is 16.7 Å². The summed E-state index contributed by atoms with van der Waals surface area (Å²) in [7, 11) is 2.09. The number of aryl methyl sites for hydroxylation is 2. The van der Waals surface area contributed by atoms with Crippen LogP contribution in [-0.2, 0) is 13.5 Å². The summed E-state index contributed by atoms with van der Waals surface area (Å²) in [5, 5.41) is 3.43. The van der Waals surface area contributed by atoms with E-state index in [1.54, 1.807) is 0 Å². The van der Waals surface area contributed by atoms with Gasteiger partial charge in [-0.1, -0.05) is 30.3 Å². The number of imidazole rings is 1. The van der Waals surface area contributed by atoms with Crippen LogP contribution in [0.25, 0.3) is 11.0 Å². The van der Waals surface area contributed by atoms with Crippen LogP contribution in [0.5, 0.6) is 0 Å². The van der Waals surface area contributed by atoms with E-state index in [1.165, 1.54) is 11.2 Å². The Labute approximate surface area is 119 Å². The van der Waals surface area contributed by atoms with Gasteiger partial charge in [-0.2, -0.15) is 0 Å². The molecule has 3 rings (SSSR count). The predicted molar refractivity (Wildman–Crippen MR) is 84.0 cm³/mol. The van der Waals surface area contributed by atoms with Crippen molar-refractivity contribution in [3.63, 3.8) is 0 Å². The van der Waals surface area contributed by atoms with Gasteiger partial charge >= 0.3 is 0 Å². The highest BCUT2D eigenvalue weighted by atomic mass is 15.1. The van der Waals surface area contributed by atoms with Crippen LogP contribution in [0.1, 0.15) is 12.2 Å². The number of nitrogens with one attached hydrogen (secondary N) is 1. The Morgan fingerprint density at radius 1 is 1.00 bits per heavy atom. The molecule has 3 nitrogen and oxygen atoms in total. The van der Waals surface area contributed by atoms with Crippen molar-refractivity contribution in [2.24, 2.45) is 7.05 Å². The van der Waals surface area contributed by atoms with E-state index < -0.39 is 0 Å². The summed E-state index contributed by atoms with van der Waals surface area (Å²) in [6, 6.07) is 18.6. The maximum absolute atomic E-state index is 4.69. The molecule has 2 aromatic carbocycles. The van der Waals surface area contributed by atoms with E-state index in [4.69, 9.17) is 4.98 Å².